The minimum absolute atomic E-state index is 0.790. The molecule has 1 aliphatic heterocycles. The van der Waals surface area contributed by atoms with Crippen molar-refractivity contribution in [2.45, 2.75) is 32.2 Å². The molecule has 2 aromatic rings. The van der Waals surface area contributed by atoms with Gasteiger partial charge < -0.3 is 4.74 Å². The van der Waals surface area contributed by atoms with E-state index in [1.165, 1.54) is 11.4 Å². The van der Waals surface area contributed by atoms with Gasteiger partial charge in [-0.15, -0.1) is 0 Å². The van der Waals surface area contributed by atoms with Gasteiger partial charge in [-0.25, -0.2) is 0 Å². The van der Waals surface area contributed by atoms with Crippen molar-refractivity contribution in [1.82, 2.24) is 14.9 Å². The van der Waals surface area contributed by atoms with E-state index in [1.807, 2.05) is 12.3 Å². The van der Waals surface area contributed by atoms with Gasteiger partial charge in [0, 0.05) is 37.3 Å². The topological polar surface area (TPSA) is 38.2 Å². The molecule has 0 amide bonds. The molecule has 122 valence electrons. The number of pyridine rings is 2. The quantitative estimate of drug-likeness (QED) is 0.855. The molecular weight excluding hydrogens is 286 g/mol. The number of rotatable bonds is 2. The number of ether oxygens (including phenoxy) is 1. The zero-order chi connectivity index (χ0) is 15.7. The normalized spacial score (nSPS) is 17.7. The summed E-state index contributed by atoms with van der Waals surface area (Å²) in [7, 11) is 0. The maximum atomic E-state index is 5.80. The molecule has 0 spiro atoms. The highest BCUT2D eigenvalue weighted by atomic mass is 16.5. The van der Waals surface area contributed by atoms with Crippen molar-refractivity contribution >= 4 is 0 Å². The van der Waals surface area contributed by atoms with Crippen LogP contribution in [-0.2, 0) is 24.1 Å². The third kappa shape index (κ3) is 5.41. The van der Waals surface area contributed by atoms with Crippen molar-refractivity contribution in [3.63, 3.8) is 0 Å². The molecule has 4 heteroatoms. The highest BCUT2D eigenvalue weighted by molar-refractivity contribution is 5.11. The average molecular weight is 311 g/mol. The molecule has 0 saturated heterocycles. The van der Waals surface area contributed by atoms with Crippen LogP contribution in [0.15, 0.2) is 42.6 Å². The van der Waals surface area contributed by atoms with Crippen molar-refractivity contribution in [3.05, 3.63) is 59.7 Å². The summed E-state index contributed by atoms with van der Waals surface area (Å²) in [6.07, 6.45) is 6.06. The standard InChI is InChI=1S/C19H25N3O/c1-2-11-20-19(6-1)16-22-12-4-9-17-7-3-8-18(21-17)10-5-14-23-15-13-22/h1-3,6-8,11H,4-5,9-10,12-16H2. The highest BCUT2D eigenvalue weighted by Crippen LogP contribution is 2.08. The van der Waals surface area contributed by atoms with Crippen LogP contribution in [0.2, 0.25) is 0 Å². The Morgan fingerprint density at radius 2 is 1.78 bits per heavy atom. The molecule has 0 saturated carbocycles. The van der Waals surface area contributed by atoms with Gasteiger partial charge in [0.25, 0.3) is 0 Å². The van der Waals surface area contributed by atoms with Crippen molar-refractivity contribution in [1.29, 1.82) is 0 Å². The second kappa shape index (κ2) is 8.75. The van der Waals surface area contributed by atoms with Crippen molar-refractivity contribution in [2.24, 2.45) is 0 Å². The van der Waals surface area contributed by atoms with Gasteiger partial charge in [0.2, 0.25) is 0 Å². The monoisotopic (exact) mass is 311 g/mol. The first kappa shape index (κ1) is 16.1. The lowest BCUT2D eigenvalue weighted by Gasteiger charge is -2.21. The van der Waals surface area contributed by atoms with E-state index in [-0.39, 0.29) is 0 Å². The van der Waals surface area contributed by atoms with E-state index < -0.39 is 0 Å². The van der Waals surface area contributed by atoms with Gasteiger partial charge in [0.15, 0.2) is 0 Å². The predicted molar refractivity (Wildman–Crippen MR) is 91.2 cm³/mol. The fourth-order valence-corrected chi connectivity index (χ4v) is 2.93. The van der Waals surface area contributed by atoms with E-state index in [4.69, 9.17) is 9.72 Å². The molecule has 0 atom stereocenters. The first-order valence-electron chi connectivity index (χ1n) is 8.55. The molecule has 0 aromatic carbocycles. The zero-order valence-electron chi connectivity index (χ0n) is 13.7. The van der Waals surface area contributed by atoms with Crippen LogP contribution >= 0.6 is 0 Å². The van der Waals surface area contributed by atoms with Gasteiger partial charge in [-0.1, -0.05) is 12.1 Å². The summed E-state index contributed by atoms with van der Waals surface area (Å²) in [4.78, 5) is 11.6. The van der Waals surface area contributed by atoms with Crippen LogP contribution in [0.1, 0.15) is 29.9 Å². The van der Waals surface area contributed by atoms with E-state index in [0.29, 0.717) is 0 Å². The fraction of sp³-hybridized carbons (Fsp3) is 0.474. The molecule has 4 nitrogen and oxygen atoms in total. The predicted octanol–water partition coefficient (Wildman–Crippen LogP) is 2.87. The molecule has 0 unspecified atom stereocenters. The summed E-state index contributed by atoms with van der Waals surface area (Å²) in [5.41, 5.74) is 3.52. The van der Waals surface area contributed by atoms with Gasteiger partial charge in [0.05, 0.1) is 12.3 Å². The fourth-order valence-electron chi connectivity index (χ4n) is 2.93. The molecule has 0 N–H and O–H groups in total. The summed E-state index contributed by atoms with van der Waals surface area (Å²) < 4.78 is 5.80. The maximum Gasteiger partial charge on any atom is 0.0593 e. The SMILES string of the molecule is c1ccc(CN2CCCc3cccc(n3)CCCOCC2)nc1. The first-order chi connectivity index (χ1) is 11.4. The van der Waals surface area contributed by atoms with E-state index in [9.17, 15) is 0 Å². The number of fused-ring (bicyclic) bond motifs is 2. The number of aryl methyl sites for hydroxylation is 2. The van der Waals surface area contributed by atoms with E-state index >= 15 is 0 Å². The lowest BCUT2D eigenvalue weighted by atomic mass is 10.1. The van der Waals surface area contributed by atoms with Gasteiger partial charge in [-0.05, 0) is 56.5 Å². The zero-order valence-corrected chi connectivity index (χ0v) is 13.7. The minimum Gasteiger partial charge on any atom is -0.380 e. The van der Waals surface area contributed by atoms with Crippen LogP contribution in [0.5, 0.6) is 0 Å². The molecule has 23 heavy (non-hydrogen) atoms. The molecular formula is C19H25N3O. The van der Waals surface area contributed by atoms with E-state index in [1.54, 1.807) is 0 Å². The van der Waals surface area contributed by atoms with Crippen LogP contribution in [0.3, 0.4) is 0 Å². The van der Waals surface area contributed by atoms with Crippen molar-refractivity contribution in [2.75, 3.05) is 26.3 Å². The average Bonchev–Trinajstić information content (AvgIpc) is 2.59. The first-order valence-corrected chi connectivity index (χ1v) is 8.55. The van der Waals surface area contributed by atoms with Crippen LogP contribution in [0.25, 0.3) is 0 Å². The number of nitrogens with zero attached hydrogens (tertiary/aromatic N) is 3. The molecule has 0 radical (unpaired) electrons. The Hall–Kier alpha value is -1.78. The summed E-state index contributed by atoms with van der Waals surface area (Å²) in [5, 5.41) is 0. The number of aromatic nitrogens is 2. The van der Waals surface area contributed by atoms with E-state index in [2.05, 4.69) is 40.2 Å². The van der Waals surface area contributed by atoms with Gasteiger partial charge in [-0.2, -0.15) is 0 Å². The van der Waals surface area contributed by atoms with Crippen molar-refractivity contribution in [3.8, 4) is 0 Å². The van der Waals surface area contributed by atoms with Crippen molar-refractivity contribution < 1.29 is 4.74 Å². The summed E-state index contributed by atoms with van der Waals surface area (Å²) in [6, 6.07) is 12.5. The number of hydrogen-bond acceptors (Lipinski definition) is 4. The largest absolute Gasteiger partial charge is 0.380 e. The maximum absolute atomic E-state index is 5.80. The Bertz CT molecular complexity index is 588. The molecule has 2 bridgehead atoms. The Labute approximate surface area is 138 Å². The third-order valence-corrected chi connectivity index (χ3v) is 4.16. The Balaban J connectivity index is 1.62. The third-order valence-electron chi connectivity index (χ3n) is 4.16. The van der Waals surface area contributed by atoms with Gasteiger partial charge in [0.1, 0.15) is 0 Å². The molecule has 3 rings (SSSR count). The van der Waals surface area contributed by atoms with Crippen LogP contribution in [0, 0.1) is 0 Å². The molecule has 0 aliphatic carbocycles. The highest BCUT2D eigenvalue weighted by Gasteiger charge is 2.08. The Morgan fingerprint density at radius 3 is 2.61 bits per heavy atom. The van der Waals surface area contributed by atoms with Crippen LogP contribution < -0.4 is 0 Å². The lowest BCUT2D eigenvalue weighted by Crippen LogP contribution is -2.29. The Kier molecular flexibility index (Phi) is 6.12. The van der Waals surface area contributed by atoms with E-state index in [0.717, 1.165) is 64.2 Å². The minimum atomic E-state index is 0.790. The second-order valence-electron chi connectivity index (χ2n) is 6.04. The molecule has 2 aromatic heterocycles. The molecule has 0 fully saturated rings. The smallest absolute Gasteiger partial charge is 0.0593 e. The summed E-state index contributed by atoms with van der Waals surface area (Å²) in [6.45, 7) is 4.49. The lowest BCUT2D eigenvalue weighted by molar-refractivity contribution is 0.0988. The molecule has 1 aliphatic rings. The second-order valence-corrected chi connectivity index (χ2v) is 6.04. The summed E-state index contributed by atoms with van der Waals surface area (Å²) >= 11 is 0. The number of hydrogen-bond donors (Lipinski definition) is 0. The molecule has 3 heterocycles. The van der Waals surface area contributed by atoms with Gasteiger partial charge in [-0.3, -0.25) is 14.9 Å². The Morgan fingerprint density at radius 1 is 0.913 bits per heavy atom. The van der Waals surface area contributed by atoms with Crippen LogP contribution in [-0.4, -0.2) is 41.2 Å². The van der Waals surface area contributed by atoms with Gasteiger partial charge >= 0.3 is 0 Å². The van der Waals surface area contributed by atoms with Crippen LogP contribution in [0.4, 0.5) is 0 Å². The summed E-state index contributed by atoms with van der Waals surface area (Å²) in [5.74, 6) is 0.